The fourth-order valence-corrected chi connectivity index (χ4v) is 3.32. The lowest BCUT2D eigenvalue weighted by Crippen LogP contribution is -2.55. The highest BCUT2D eigenvalue weighted by atomic mass is 35.5. The molecule has 1 aliphatic rings. The smallest absolute Gasteiger partial charge is 0.0219 e. The van der Waals surface area contributed by atoms with E-state index in [2.05, 4.69) is 54.4 Å². The molecule has 1 fully saturated rings. The Morgan fingerprint density at radius 1 is 1.26 bits per heavy atom. The summed E-state index contributed by atoms with van der Waals surface area (Å²) in [6.45, 7) is 8.16. The Labute approximate surface area is 127 Å². The molecule has 2 unspecified atom stereocenters. The zero-order valence-corrected chi connectivity index (χ0v) is 13.5. The molecule has 1 aromatic carbocycles. The van der Waals surface area contributed by atoms with Gasteiger partial charge in [-0.05, 0) is 19.4 Å². The molecule has 19 heavy (non-hydrogen) atoms. The molecule has 0 amide bonds. The summed E-state index contributed by atoms with van der Waals surface area (Å²) in [7, 11) is 0. The molecular formula is C15H25ClN2S. The number of benzene rings is 1. The molecule has 0 aliphatic carbocycles. The van der Waals surface area contributed by atoms with E-state index in [1.807, 2.05) is 11.8 Å². The third kappa shape index (κ3) is 5.35. The highest BCUT2D eigenvalue weighted by Crippen LogP contribution is 2.14. The number of nitrogens with zero attached hydrogens (tertiary/aromatic N) is 1. The Bertz CT molecular complexity index is 347. The summed E-state index contributed by atoms with van der Waals surface area (Å²) in [5.41, 5.74) is 1.43. The summed E-state index contributed by atoms with van der Waals surface area (Å²) in [5.74, 6) is 2.36. The minimum atomic E-state index is 0. The number of rotatable bonds is 5. The monoisotopic (exact) mass is 300 g/mol. The first-order chi connectivity index (χ1) is 8.77. The summed E-state index contributed by atoms with van der Waals surface area (Å²) >= 11 is 2.04. The van der Waals surface area contributed by atoms with Crippen LogP contribution in [0.3, 0.4) is 0 Å². The van der Waals surface area contributed by atoms with E-state index in [-0.39, 0.29) is 12.4 Å². The SMILES string of the molecule is CC1NCCN(CCSCc2ccccc2)C1C.Cl. The molecule has 1 aromatic rings. The zero-order chi connectivity index (χ0) is 12.8. The first-order valence-electron chi connectivity index (χ1n) is 6.86. The molecular weight excluding hydrogens is 276 g/mol. The summed E-state index contributed by atoms with van der Waals surface area (Å²) in [5, 5.41) is 3.53. The molecule has 0 saturated carbocycles. The Morgan fingerprint density at radius 2 is 2.00 bits per heavy atom. The van der Waals surface area contributed by atoms with Crippen LogP contribution in [-0.4, -0.2) is 42.4 Å². The van der Waals surface area contributed by atoms with E-state index in [4.69, 9.17) is 0 Å². The van der Waals surface area contributed by atoms with Crippen LogP contribution in [0.25, 0.3) is 0 Å². The summed E-state index contributed by atoms with van der Waals surface area (Å²) in [6, 6.07) is 12.0. The van der Waals surface area contributed by atoms with E-state index < -0.39 is 0 Å². The molecule has 0 bridgehead atoms. The van der Waals surface area contributed by atoms with Crippen LogP contribution in [0.5, 0.6) is 0 Å². The minimum Gasteiger partial charge on any atom is -0.311 e. The van der Waals surface area contributed by atoms with Crippen LogP contribution in [0.15, 0.2) is 30.3 Å². The van der Waals surface area contributed by atoms with E-state index in [0.29, 0.717) is 12.1 Å². The minimum absolute atomic E-state index is 0. The maximum Gasteiger partial charge on any atom is 0.0219 e. The maximum absolute atomic E-state index is 3.53. The van der Waals surface area contributed by atoms with Crippen molar-refractivity contribution < 1.29 is 0 Å². The van der Waals surface area contributed by atoms with Crippen molar-refractivity contribution >= 4 is 24.2 Å². The zero-order valence-electron chi connectivity index (χ0n) is 11.8. The lowest BCUT2D eigenvalue weighted by Gasteiger charge is -2.38. The van der Waals surface area contributed by atoms with Gasteiger partial charge in [-0.1, -0.05) is 30.3 Å². The van der Waals surface area contributed by atoms with Gasteiger partial charge in [-0.15, -0.1) is 12.4 Å². The molecule has 1 aliphatic heterocycles. The van der Waals surface area contributed by atoms with E-state index in [0.717, 1.165) is 12.3 Å². The Balaban J connectivity index is 0.00000180. The first-order valence-corrected chi connectivity index (χ1v) is 8.02. The molecule has 1 heterocycles. The second-order valence-corrected chi connectivity index (χ2v) is 6.16. The van der Waals surface area contributed by atoms with Crippen molar-refractivity contribution in [2.45, 2.75) is 31.7 Å². The van der Waals surface area contributed by atoms with Crippen molar-refractivity contribution in [3.63, 3.8) is 0 Å². The van der Waals surface area contributed by atoms with E-state index in [9.17, 15) is 0 Å². The summed E-state index contributed by atoms with van der Waals surface area (Å²) in [4.78, 5) is 2.61. The van der Waals surface area contributed by atoms with Crippen LogP contribution in [-0.2, 0) is 5.75 Å². The van der Waals surface area contributed by atoms with Gasteiger partial charge in [0.05, 0.1) is 0 Å². The van der Waals surface area contributed by atoms with Gasteiger partial charge in [-0.3, -0.25) is 4.90 Å². The second-order valence-electron chi connectivity index (χ2n) is 5.06. The van der Waals surface area contributed by atoms with E-state index in [1.54, 1.807) is 0 Å². The topological polar surface area (TPSA) is 15.3 Å². The Morgan fingerprint density at radius 3 is 2.74 bits per heavy atom. The van der Waals surface area contributed by atoms with Crippen molar-refractivity contribution in [1.29, 1.82) is 0 Å². The van der Waals surface area contributed by atoms with Crippen LogP contribution >= 0.6 is 24.2 Å². The second kappa shape index (κ2) is 8.85. The van der Waals surface area contributed by atoms with Crippen LogP contribution in [0.4, 0.5) is 0 Å². The quantitative estimate of drug-likeness (QED) is 0.842. The predicted octanol–water partition coefficient (Wildman–Crippen LogP) is 3.02. The number of nitrogens with one attached hydrogen (secondary N) is 1. The van der Waals surface area contributed by atoms with Crippen molar-refractivity contribution in [3.05, 3.63) is 35.9 Å². The lowest BCUT2D eigenvalue weighted by molar-refractivity contribution is 0.147. The van der Waals surface area contributed by atoms with Gasteiger partial charge in [0, 0.05) is 43.2 Å². The van der Waals surface area contributed by atoms with Crippen molar-refractivity contribution in [3.8, 4) is 0 Å². The molecule has 0 spiro atoms. The van der Waals surface area contributed by atoms with Crippen LogP contribution < -0.4 is 5.32 Å². The molecule has 2 atom stereocenters. The van der Waals surface area contributed by atoms with Crippen LogP contribution in [0.2, 0.25) is 0 Å². The van der Waals surface area contributed by atoms with Gasteiger partial charge in [0.2, 0.25) is 0 Å². The van der Waals surface area contributed by atoms with Gasteiger partial charge < -0.3 is 5.32 Å². The standard InChI is InChI=1S/C15H24N2S.ClH/c1-13-14(2)17(9-8-16-13)10-11-18-12-15-6-4-3-5-7-15;/h3-7,13-14,16H,8-12H2,1-2H3;1H. The first kappa shape index (κ1) is 16.8. The van der Waals surface area contributed by atoms with E-state index >= 15 is 0 Å². The average Bonchev–Trinajstić information content (AvgIpc) is 2.40. The third-order valence-corrected chi connectivity index (χ3v) is 4.81. The number of thioether (sulfide) groups is 1. The number of piperazine rings is 1. The van der Waals surface area contributed by atoms with Gasteiger partial charge in [-0.25, -0.2) is 0 Å². The molecule has 1 N–H and O–H groups in total. The lowest BCUT2D eigenvalue weighted by atomic mass is 10.1. The molecule has 2 nitrogen and oxygen atoms in total. The molecule has 2 rings (SSSR count). The number of hydrogen-bond donors (Lipinski definition) is 1. The molecule has 4 heteroatoms. The van der Waals surface area contributed by atoms with Crippen LogP contribution in [0.1, 0.15) is 19.4 Å². The van der Waals surface area contributed by atoms with Crippen molar-refractivity contribution in [2.24, 2.45) is 0 Å². The molecule has 0 aromatic heterocycles. The normalized spacial score (nSPS) is 23.9. The van der Waals surface area contributed by atoms with Gasteiger partial charge in [-0.2, -0.15) is 11.8 Å². The predicted molar refractivity (Wildman–Crippen MR) is 88.4 cm³/mol. The van der Waals surface area contributed by atoms with Crippen molar-refractivity contribution in [1.82, 2.24) is 10.2 Å². The van der Waals surface area contributed by atoms with Crippen LogP contribution in [0, 0.1) is 0 Å². The van der Waals surface area contributed by atoms with Gasteiger partial charge in [0.1, 0.15) is 0 Å². The fourth-order valence-electron chi connectivity index (χ4n) is 2.39. The highest BCUT2D eigenvalue weighted by Gasteiger charge is 2.23. The summed E-state index contributed by atoms with van der Waals surface area (Å²) < 4.78 is 0. The third-order valence-electron chi connectivity index (χ3n) is 3.80. The number of hydrogen-bond acceptors (Lipinski definition) is 3. The fraction of sp³-hybridized carbons (Fsp3) is 0.600. The molecule has 108 valence electrons. The maximum atomic E-state index is 3.53. The molecule has 1 saturated heterocycles. The highest BCUT2D eigenvalue weighted by molar-refractivity contribution is 7.98. The van der Waals surface area contributed by atoms with Gasteiger partial charge in [0.15, 0.2) is 0 Å². The van der Waals surface area contributed by atoms with Gasteiger partial charge in [0.25, 0.3) is 0 Å². The number of halogens is 1. The Hall–Kier alpha value is -0.220. The molecule has 0 radical (unpaired) electrons. The van der Waals surface area contributed by atoms with Gasteiger partial charge >= 0.3 is 0 Å². The van der Waals surface area contributed by atoms with E-state index in [1.165, 1.54) is 24.4 Å². The average molecular weight is 301 g/mol. The Kier molecular flexibility index (Phi) is 7.84. The summed E-state index contributed by atoms with van der Waals surface area (Å²) in [6.07, 6.45) is 0. The largest absolute Gasteiger partial charge is 0.311 e. The van der Waals surface area contributed by atoms with Crippen molar-refractivity contribution in [2.75, 3.05) is 25.4 Å².